The van der Waals surface area contributed by atoms with E-state index in [1.165, 1.54) is 19.3 Å². The fourth-order valence-electron chi connectivity index (χ4n) is 0.838. The molecule has 1 aromatic heterocycles. The van der Waals surface area contributed by atoms with Gasteiger partial charge in [0, 0.05) is 0 Å². The molecule has 1 aromatic rings. The molecule has 0 saturated carbocycles. The van der Waals surface area contributed by atoms with E-state index in [9.17, 15) is 9.90 Å². The molecule has 0 spiro atoms. The normalized spacial score (nSPS) is 17.8. The Labute approximate surface area is 81.3 Å². The summed E-state index contributed by atoms with van der Waals surface area (Å²) in [6, 6.07) is 3.08. The van der Waals surface area contributed by atoms with Gasteiger partial charge < -0.3 is 9.52 Å². The van der Waals surface area contributed by atoms with Crippen LogP contribution in [0.5, 0.6) is 0 Å². The third-order valence-corrected chi connectivity index (χ3v) is 2.40. The zero-order valence-corrected chi connectivity index (χ0v) is 8.21. The average molecular weight is 203 g/mol. The Bertz CT molecular complexity index is 288. The van der Waals surface area contributed by atoms with Crippen molar-refractivity contribution in [3.63, 3.8) is 0 Å². The Morgan fingerprint density at radius 1 is 1.77 bits per heavy atom. The van der Waals surface area contributed by atoms with Crippen LogP contribution in [0, 0.1) is 0 Å². The van der Waals surface area contributed by atoms with Crippen molar-refractivity contribution >= 4 is 17.4 Å². The second kappa shape index (κ2) is 3.52. The molecule has 0 fully saturated rings. The lowest BCUT2D eigenvalue weighted by Gasteiger charge is -2.22. The van der Waals surface area contributed by atoms with Crippen molar-refractivity contribution in [1.82, 2.24) is 0 Å². The Morgan fingerprint density at radius 2 is 2.38 bits per heavy atom. The van der Waals surface area contributed by atoms with Gasteiger partial charge in [0.25, 0.3) is 0 Å². The number of halogens is 1. The second-order valence-electron chi connectivity index (χ2n) is 3.07. The maximum Gasteiger partial charge on any atom is 0.230 e. The SMILES string of the molecule is C[C@H](Cl)[C@](C)(O)C(=O)c1ccco1. The summed E-state index contributed by atoms with van der Waals surface area (Å²) in [7, 11) is 0. The molecule has 1 N–H and O–H groups in total. The zero-order chi connectivity index (χ0) is 10.1. The summed E-state index contributed by atoms with van der Waals surface area (Å²) in [5.74, 6) is -0.377. The van der Waals surface area contributed by atoms with Crippen LogP contribution in [0.1, 0.15) is 24.4 Å². The molecule has 72 valence electrons. The summed E-state index contributed by atoms with van der Waals surface area (Å²) in [5.41, 5.74) is -1.58. The van der Waals surface area contributed by atoms with Crippen LogP contribution in [-0.2, 0) is 0 Å². The minimum Gasteiger partial charge on any atom is -0.461 e. The molecule has 4 heteroatoms. The van der Waals surface area contributed by atoms with Crippen molar-refractivity contribution in [1.29, 1.82) is 0 Å². The molecule has 0 aliphatic rings. The largest absolute Gasteiger partial charge is 0.461 e. The summed E-state index contributed by atoms with van der Waals surface area (Å²) >= 11 is 5.67. The summed E-state index contributed by atoms with van der Waals surface area (Å²) in [4.78, 5) is 11.5. The molecular weight excluding hydrogens is 192 g/mol. The first kappa shape index (κ1) is 10.3. The highest BCUT2D eigenvalue weighted by atomic mass is 35.5. The first-order valence-corrected chi connectivity index (χ1v) is 4.34. The molecule has 0 radical (unpaired) electrons. The van der Waals surface area contributed by atoms with Crippen LogP contribution in [0.25, 0.3) is 0 Å². The molecule has 3 nitrogen and oxygen atoms in total. The standard InChI is InChI=1S/C9H11ClO3/c1-6(10)9(2,12)8(11)7-4-3-5-13-7/h3-6,12H,1-2H3/t6-,9-/m0/s1. The van der Waals surface area contributed by atoms with E-state index in [0.717, 1.165) is 0 Å². The minimum atomic E-state index is -1.58. The van der Waals surface area contributed by atoms with Crippen LogP contribution in [0.4, 0.5) is 0 Å². The van der Waals surface area contributed by atoms with E-state index >= 15 is 0 Å². The highest BCUT2D eigenvalue weighted by Crippen LogP contribution is 2.21. The van der Waals surface area contributed by atoms with Gasteiger partial charge >= 0.3 is 0 Å². The number of hydrogen-bond donors (Lipinski definition) is 1. The van der Waals surface area contributed by atoms with Gasteiger partial charge in [-0.3, -0.25) is 4.79 Å². The fraction of sp³-hybridized carbons (Fsp3) is 0.444. The van der Waals surface area contributed by atoms with E-state index in [2.05, 4.69) is 0 Å². The quantitative estimate of drug-likeness (QED) is 0.601. The Balaban J connectivity index is 2.91. The number of carbonyl (C=O) groups is 1. The predicted octanol–water partition coefficient (Wildman–Crippen LogP) is 1.84. The van der Waals surface area contributed by atoms with Gasteiger partial charge in [-0.25, -0.2) is 0 Å². The average Bonchev–Trinajstić information content (AvgIpc) is 2.54. The molecule has 0 aromatic carbocycles. The van der Waals surface area contributed by atoms with Crippen LogP contribution < -0.4 is 0 Å². The molecular formula is C9H11ClO3. The van der Waals surface area contributed by atoms with Gasteiger partial charge in [-0.2, -0.15) is 0 Å². The molecule has 2 atom stereocenters. The third-order valence-electron chi connectivity index (χ3n) is 1.98. The van der Waals surface area contributed by atoms with Gasteiger partial charge in [0.15, 0.2) is 5.76 Å². The smallest absolute Gasteiger partial charge is 0.230 e. The molecule has 1 rings (SSSR count). The van der Waals surface area contributed by atoms with Crippen molar-refractivity contribution in [2.24, 2.45) is 0 Å². The van der Waals surface area contributed by atoms with E-state index in [1.54, 1.807) is 13.0 Å². The molecule has 13 heavy (non-hydrogen) atoms. The lowest BCUT2D eigenvalue weighted by molar-refractivity contribution is 0.0379. The number of Topliss-reactive ketones (excluding diaryl/α,β-unsaturated/α-hetero) is 1. The van der Waals surface area contributed by atoms with Crippen LogP contribution in [0.3, 0.4) is 0 Å². The maximum atomic E-state index is 11.5. The number of rotatable bonds is 3. The number of hydrogen-bond acceptors (Lipinski definition) is 3. The van der Waals surface area contributed by atoms with Crippen LogP contribution in [0.15, 0.2) is 22.8 Å². The number of carbonyl (C=O) groups excluding carboxylic acids is 1. The van der Waals surface area contributed by atoms with Gasteiger partial charge in [0.05, 0.1) is 11.6 Å². The Kier molecular flexibility index (Phi) is 2.78. The third kappa shape index (κ3) is 1.92. The van der Waals surface area contributed by atoms with E-state index in [4.69, 9.17) is 16.0 Å². The van der Waals surface area contributed by atoms with E-state index < -0.39 is 16.8 Å². The molecule has 0 unspecified atom stereocenters. The maximum absolute atomic E-state index is 11.5. The van der Waals surface area contributed by atoms with Crippen molar-refractivity contribution in [3.05, 3.63) is 24.2 Å². The van der Waals surface area contributed by atoms with Crippen molar-refractivity contribution in [3.8, 4) is 0 Å². The first-order valence-electron chi connectivity index (χ1n) is 3.91. The molecule has 1 heterocycles. The molecule has 0 amide bonds. The van der Waals surface area contributed by atoms with Crippen molar-refractivity contribution in [2.45, 2.75) is 24.8 Å². The van der Waals surface area contributed by atoms with Gasteiger partial charge in [-0.05, 0) is 26.0 Å². The van der Waals surface area contributed by atoms with Crippen molar-refractivity contribution < 1.29 is 14.3 Å². The number of aliphatic hydroxyl groups is 1. The van der Waals surface area contributed by atoms with Crippen LogP contribution in [-0.4, -0.2) is 21.9 Å². The Hall–Kier alpha value is -0.800. The van der Waals surface area contributed by atoms with E-state index in [-0.39, 0.29) is 5.76 Å². The summed E-state index contributed by atoms with van der Waals surface area (Å²) < 4.78 is 4.86. The molecule has 0 aliphatic carbocycles. The van der Waals surface area contributed by atoms with Crippen LogP contribution >= 0.6 is 11.6 Å². The zero-order valence-electron chi connectivity index (χ0n) is 7.45. The monoisotopic (exact) mass is 202 g/mol. The van der Waals surface area contributed by atoms with Crippen molar-refractivity contribution in [2.75, 3.05) is 0 Å². The van der Waals surface area contributed by atoms with Gasteiger partial charge in [0.2, 0.25) is 5.78 Å². The second-order valence-corrected chi connectivity index (χ2v) is 3.72. The molecule has 0 bridgehead atoms. The Morgan fingerprint density at radius 3 is 2.77 bits per heavy atom. The lowest BCUT2D eigenvalue weighted by atomic mass is 9.96. The lowest BCUT2D eigenvalue weighted by Crippen LogP contribution is -2.42. The molecule has 0 aliphatic heterocycles. The predicted molar refractivity (Wildman–Crippen MR) is 49.0 cm³/mol. The first-order chi connectivity index (χ1) is 5.96. The van der Waals surface area contributed by atoms with Crippen LogP contribution in [0.2, 0.25) is 0 Å². The number of alkyl halides is 1. The van der Waals surface area contributed by atoms with Gasteiger partial charge in [0.1, 0.15) is 5.60 Å². The summed E-state index contributed by atoms with van der Waals surface area (Å²) in [6.07, 6.45) is 1.38. The number of furan rings is 1. The topological polar surface area (TPSA) is 50.4 Å². The summed E-state index contributed by atoms with van der Waals surface area (Å²) in [5, 5.41) is 9.03. The number of ketones is 1. The van der Waals surface area contributed by atoms with Gasteiger partial charge in [-0.15, -0.1) is 11.6 Å². The highest BCUT2D eigenvalue weighted by Gasteiger charge is 2.37. The minimum absolute atomic E-state index is 0.123. The van der Waals surface area contributed by atoms with E-state index in [1.807, 2.05) is 0 Å². The van der Waals surface area contributed by atoms with Gasteiger partial charge in [-0.1, -0.05) is 0 Å². The highest BCUT2D eigenvalue weighted by molar-refractivity contribution is 6.24. The molecule has 0 saturated heterocycles. The fourth-order valence-corrected chi connectivity index (χ4v) is 0.937. The summed E-state index contributed by atoms with van der Waals surface area (Å²) in [6.45, 7) is 2.93. The van der Waals surface area contributed by atoms with E-state index in [0.29, 0.717) is 0 Å².